The molecule has 0 saturated heterocycles. The van der Waals surface area contributed by atoms with Gasteiger partial charge in [0.25, 0.3) is 5.91 Å². The second-order valence-corrected chi connectivity index (χ2v) is 8.23. The molecule has 0 saturated carbocycles. The molecule has 0 unspecified atom stereocenters. The number of likely N-dealkylation sites (N-methyl/N-ethyl adjacent to an activating group) is 1. The zero-order valence-electron chi connectivity index (χ0n) is 16.1. The Morgan fingerprint density at radius 2 is 1.71 bits per heavy atom. The van der Waals surface area contributed by atoms with Gasteiger partial charge in [-0.15, -0.1) is 0 Å². The minimum Gasteiger partial charge on any atom is -0.455 e. The first kappa shape index (κ1) is 21.6. The van der Waals surface area contributed by atoms with Gasteiger partial charge in [-0.25, -0.2) is 8.42 Å². The topological polar surface area (TPSA) is 92.8 Å². The molecule has 0 bridgehead atoms. The van der Waals surface area contributed by atoms with Crippen LogP contribution < -0.4 is 4.72 Å². The molecule has 150 valence electrons. The number of nitrogens with zero attached hydrogens (tertiary/aromatic N) is 1. The fraction of sp³-hybridized carbons (Fsp3) is 0.300. The fourth-order valence-corrected chi connectivity index (χ4v) is 3.42. The summed E-state index contributed by atoms with van der Waals surface area (Å²) in [5, 5.41) is 0. The van der Waals surface area contributed by atoms with Gasteiger partial charge in [-0.05, 0) is 42.7 Å². The van der Waals surface area contributed by atoms with Gasteiger partial charge in [-0.2, -0.15) is 4.72 Å². The molecule has 2 aromatic rings. The van der Waals surface area contributed by atoms with E-state index < -0.39 is 29.1 Å². The number of aryl methyl sites for hydroxylation is 2. The maximum Gasteiger partial charge on any atom is 0.321 e. The zero-order valence-corrected chi connectivity index (χ0v) is 17.0. The number of carbonyl (C=O) groups is 2. The number of ether oxygens (including phenoxy) is 1. The molecule has 28 heavy (non-hydrogen) atoms. The van der Waals surface area contributed by atoms with Crippen molar-refractivity contribution >= 4 is 21.9 Å². The standard InChI is InChI=1S/C20H24N2O5S/c1-15-9-10-18(11-16(15)2)28(25,26)21-12-20(24)27-14-19(23)22(3)13-17-7-5-4-6-8-17/h4-11,21H,12-14H2,1-3H3. The molecule has 0 atom stereocenters. The highest BCUT2D eigenvalue weighted by Crippen LogP contribution is 2.14. The number of hydrogen-bond acceptors (Lipinski definition) is 5. The molecule has 2 rings (SSSR count). The first-order valence-electron chi connectivity index (χ1n) is 8.69. The fourth-order valence-electron chi connectivity index (χ4n) is 2.37. The van der Waals surface area contributed by atoms with E-state index in [1.165, 1.54) is 17.0 Å². The van der Waals surface area contributed by atoms with Gasteiger partial charge >= 0.3 is 5.97 Å². The molecular weight excluding hydrogens is 380 g/mol. The van der Waals surface area contributed by atoms with Gasteiger partial charge in [-0.3, -0.25) is 9.59 Å². The average Bonchev–Trinajstić information content (AvgIpc) is 2.67. The van der Waals surface area contributed by atoms with Crippen LogP contribution in [0.15, 0.2) is 53.4 Å². The van der Waals surface area contributed by atoms with Crippen LogP contribution in [0.4, 0.5) is 0 Å². The van der Waals surface area contributed by atoms with E-state index in [9.17, 15) is 18.0 Å². The molecule has 7 nitrogen and oxygen atoms in total. The summed E-state index contributed by atoms with van der Waals surface area (Å²) in [4.78, 5) is 25.4. The van der Waals surface area contributed by atoms with Gasteiger partial charge in [-0.1, -0.05) is 36.4 Å². The smallest absolute Gasteiger partial charge is 0.321 e. The summed E-state index contributed by atoms with van der Waals surface area (Å²) >= 11 is 0. The number of rotatable bonds is 8. The number of amides is 1. The molecule has 0 heterocycles. The third-order valence-corrected chi connectivity index (χ3v) is 5.64. The Bertz CT molecular complexity index is 942. The van der Waals surface area contributed by atoms with Crippen LogP contribution in [0.25, 0.3) is 0 Å². The lowest BCUT2D eigenvalue weighted by molar-refractivity contribution is -0.150. The van der Waals surface area contributed by atoms with Gasteiger partial charge in [0.05, 0.1) is 4.90 Å². The minimum absolute atomic E-state index is 0.0714. The number of carbonyl (C=O) groups excluding carboxylic acids is 2. The van der Waals surface area contributed by atoms with E-state index in [2.05, 4.69) is 4.72 Å². The highest BCUT2D eigenvalue weighted by molar-refractivity contribution is 7.89. The Kier molecular flexibility index (Phi) is 7.31. The SMILES string of the molecule is Cc1ccc(S(=O)(=O)NCC(=O)OCC(=O)N(C)Cc2ccccc2)cc1C. The molecule has 1 amide bonds. The number of hydrogen-bond donors (Lipinski definition) is 1. The highest BCUT2D eigenvalue weighted by atomic mass is 32.2. The van der Waals surface area contributed by atoms with Crippen LogP contribution in [0.2, 0.25) is 0 Å². The second kappa shape index (κ2) is 9.48. The number of sulfonamides is 1. The third kappa shape index (κ3) is 6.17. The van der Waals surface area contributed by atoms with Crippen molar-refractivity contribution in [1.82, 2.24) is 9.62 Å². The van der Waals surface area contributed by atoms with Crippen molar-refractivity contribution in [2.45, 2.75) is 25.3 Å². The van der Waals surface area contributed by atoms with Crippen LogP contribution in [0, 0.1) is 13.8 Å². The van der Waals surface area contributed by atoms with Crippen LogP contribution in [0.3, 0.4) is 0 Å². The van der Waals surface area contributed by atoms with Gasteiger partial charge < -0.3 is 9.64 Å². The molecule has 0 fully saturated rings. The number of nitrogens with one attached hydrogen (secondary N) is 1. The second-order valence-electron chi connectivity index (χ2n) is 6.47. The van der Waals surface area contributed by atoms with Crippen molar-refractivity contribution in [2.24, 2.45) is 0 Å². The Hall–Kier alpha value is -2.71. The minimum atomic E-state index is -3.84. The van der Waals surface area contributed by atoms with E-state index >= 15 is 0 Å². The predicted octanol–water partition coefficient (Wildman–Crippen LogP) is 1.78. The first-order valence-corrected chi connectivity index (χ1v) is 10.2. The molecule has 0 aliphatic heterocycles. The van der Waals surface area contributed by atoms with Gasteiger partial charge in [0, 0.05) is 13.6 Å². The molecule has 2 aromatic carbocycles. The van der Waals surface area contributed by atoms with Crippen LogP contribution in [0.5, 0.6) is 0 Å². The number of esters is 1. The zero-order chi connectivity index (χ0) is 20.7. The summed E-state index contributed by atoms with van der Waals surface area (Å²) in [5.74, 6) is -1.21. The van der Waals surface area contributed by atoms with Crippen LogP contribution in [-0.2, 0) is 30.9 Å². The van der Waals surface area contributed by atoms with Crippen molar-refractivity contribution in [3.63, 3.8) is 0 Å². The molecule has 0 radical (unpaired) electrons. The molecule has 0 aliphatic rings. The molecule has 8 heteroatoms. The lowest BCUT2D eigenvalue weighted by Gasteiger charge is -2.17. The molecule has 0 aromatic heterocycles. The quantitative estimate of drug-likeness (QED) is 0.677. The Balaban J connectivity index is 1.81. The summed E-state index contributed by atoms with van der Waals surface area (Å²) in [6.07, 6.45) is 0. The maximum absolute atomic E-state index is 12.3. The largest absolute Gasteiger partial charge is 0.455 e. The van der Waals surface area contributed by atoms with Crippen molar-refractivity contribution in [3.8, 4) is 0 Å². The van der Waals surface area contributed by atoms with Crippen LogP contribution >= 0.6 is 0 Å². The summed E-state index contributed by atoms with van der Waals surface area (Å²) < 4.78 is 31.6. The lowest BCUT2D eigenvalue weighted by atomic mass is 10.1. The van der Waals surface area contributed by atoms with E-state index in [1.54, 1.807) is 20.0 Å². The van der Waals surface area contributed by atoms with Gasteiger partial charge in [0.2, 0.25) is 10.0 Å². The Morgan fingerprint density at radius 3 is 2.36 bits per heavy atom. The van der Waals surface area contributed by atoms with Crippen molar-refractivity contribution < 1.29 is 22.7 Å². The highest BCUT2D eigenvalue weighted by Gasteiger charge is 2.18. The van der Waals surface area contributed by atoms with E-state index in [4.69, 9.17) is 4.74 Å². The monoisotopic (exact) mass is 404 g/mol. The predicted molar refractivity (Wildman–Crippen MR) is 105 cm³/mol. The molecular formula is C20H24N2O5S. The van der Waals surface area contributed by atoms with Crippen molar-refractivity contribution in [3.05, 3.63) is 65.2 Å². The van der Waals surface area contributed by atoms with E-state index in [0.29, 0.717) is 6.54 Å². The summed E-state index contributed by atoms with van der Waals surface area (Å²) in [6, 6.07) is 14.1. The average molecular weight is 404 g/mol. The lowest BCUT2D eigenvalue weighted by Crippen LogP contribution is -2.34. The Labute approximate surface area is 165 Å². The van der Waals surface area contributed by atoms with Crippen molar-refractivity contribution in [2.75, 3.05) is 20.2 Å². The summed E-state index contributed by atoms with van der Waals surface area (Å²) in [5.41, 5.74) is 2.75. The van der Waals surface area contributed by atoms with E-state index in [1.807, 2.05) is 37.3 Å². The third-order valence-electron chi connectivity index (χ3n) is 4.24. The molecule has 0 spiro atoms. The van der Waals surface area contributed by atoms with E-state index in [-0.39, 0.29) is 10.8 Å². The molecule has 1 N–H and O–H groups in total. The molecule has 0 aliphatic carbocycles. The Morgan fingerprint density at radius 1 is 1.04 bits per heavy atom. The summed E-state index contributed by atoms with van der Waals surface area (Å²) in [7, 11) is -2.23. The van der Waals surface area contributed by atoms with Crippen LogP contribution in [-0.4, -0.2) is 45.4 Å². The van der Waals surface area contributed by atoms with Crippen molar-refractivity contribution in [1.29, 1.82) is 0 Å². The maximum atomic E-state index is 12.3. The normalized spacial score (nSPS) is 11.1. The first-order chi connectivity index (χ1) is 13.2. The van der Waals surface area contributed by atoms with Gasteiger partial charge in [0.15, 0.2) is 6.61 Å². The van der Waals surface area contributed by atoms with Crippen LogP contribution in [0.1, 0.15) is 16.7 Å². The van der Waals surface area contributed by atoms with Gasteiger partial charge in [0.1, 0.15) is 6.54 Å². The van der Waals surface area contributed by atoms with E-state index in [0.717, 1.165) is 16.7 Å². The summed E-state index contributed by atoms with van der Waals surface area (Å²) in [6.45, 7) is 3.07. The number of benzene rings is 2.